The summed E-state index contributed by atoms with van der Waals surface area (Å²) in [4.78, 5) is 19.8. The van der Waals surface area contributed by atoms with Crippen molar-refractivity contribution < 1.29 is 14.7 Å². The van der Waals surface area contributed by atoms with Crippen molar-refractivity contribution >= 4 is 5.91 Å². The van der Waals surface area contributed by atoms with E-state index in [1.54, 1.807) is 25.1 Å². The number of aromatic nitrogens is 1. The number of amides is 1. The molecule has 1 aromatic heterocycles. The van der Waals surface area contributed by atoms with Gasteiger partial charge >= 0.3 is 0 Å². The smallest absolute Gasteiger partial charge is 0.293 e. The molecule has 0 radical (unpaired) electrons. The molecule has 1 atom stereocenters. The fourth-order valence-corrected chi connectivity index (χ4v) is 0.777. The first-order chi connectivity index (χ1) is 6.70. The van der Waals surface area contributed by atoms with Gasteiger partial charge in [0.05, 0.1) is 6.10 Å². The Morgan fingerprint density at radius 1 is 1.71 bits per heavy atom. The molecule has 0 bridgehead atoms. The Labute approximate surface area is 81.7 Å². The van der Waals surface area contributed by atoms with Crippen LogP contribution in [0.4, 0.5) is 0 Å². The van der Waals surface area contributed by atoms with Crippen molar-refractivity contribution in [2.75, 3.05) is 6.61 Å². The number of hydrogen-bond acceptors (Lipinski definition) is 4. The molecular formula is C9H12N2O3. The molecule has 76 valence electrons. The zero-order chi connectivity index (χ0) is 10.4. The van der Waals surface area contributed by atoms with E-state index in [0.717, 1.165) is 0 Å². The second-order valence-corrected chi connectivity index (χ2v) is 2.81. The molecule has 0 aliphatic carbocycles. The Morgan fingerprint density at radius 2 is 2.50 bits per heavy atom. The quantitative estimate of drug-likeness (QED) is 0.671. The summed E-state index contributed by atoms with van der Waals surface area (Å²) in [5, 5.41) is 8.84. The van der Waals surface area contributed by atoms with E-state index in [9.17, 15) is 4.79 Å². The molecule has 2 N–H and O–H groups in total. The number of pyridine rings is 1. The van der Waals surface area contributed by atoms with Crippen molar-refractivity contribution in [2.24, 2.45) is 0 Å². The molecule has 1 amide bonds. The first-order valence-electron chi connectivity index (χ1n) is 4.21. The highest BCUT2D eigenvalue weighted by Crippen LogP contribution is 1.92. The van der Waals surface area contributed by atoms with E-state index in [0.29, 0.717) is 0 Å². The molecule has 0 aromatic carbocycles. The molecular weight excluding hydrogens is 184 g/mol. The van der Waals surface area contributed by atoms with E-state index in [1.807, 2.05) is 0 Å². The highest BCUT2D eigenvalue weighted by Gasteiger charge is 2.05. The normalized spacial score (nSPS) is 12.1. The van der Waals surface area contributed by atoms with Gasteiger partial charge in [-0.25, -0.2) is 5.48 Å². The first-order valence-corrected chi connectivity index (χ1v) is 4.21. The Bertz CT molecular complexity index is 287. The van der Waals surface area contributed by atoms with Crippen LogP contribution >= 0.6 is 0 Å². The Kier molecular flexibility index (Phi) is 4.03. The lowest BCUT2D eigenvalue weighted by Gasteiger charge is -2.06. The second kappa shape index (κ2) is 5.31. The number of hydroxylamine groups is 1. The van der Waals surface area contributed by atoms with E-state index in [1.165, 1.54) is 6.20 Å². The van der Waals surface area contributed by atoms with Crippen LogP contribution in [0.2, 0.25) is 0 Å². The molecule has 5 nitrogen and oxygen atoms in total. The molecule has 14 heavy (non-hydrogen) atoms. The van der Waals surface area contributed by atoms with Crippen molar-refractivity contribution in [2.45, 2.75) is 13.0 Å². The summed E-state index contributed by atoms with van der Waals surface area (Å²) in [6.07, 6.45) is 0.905. The lowest BCUT2D eigenvalue weighted by atomic mass is 10.3. The van der Waals surface area contributed by atoms with E-state index in [-0.39, 0.29) is 12.3 Å². The maximum atomic E-state index is 11.2. The molecule has 1 rings (SSSR count). The second-order valence-electron chi connectivity index (χ2n) is 2.81. The molecule has 0 unspecified atom stereocenters. The summed E-state index contributed by atoms with van der Waals surface area (Å²) in [5.74, 6) is -0.425. The van der Waals surface area contributed by atoms with Crippen molar-refractivity contribution in [3.8, 4) is 0 Å². The number of carbonyl (C=O) groups excluding carboxylic acids is 1. The van der Waals surface area contributed by atoms with E-state index >= 15 is 0 Å². The topological polar surface area (TPSA) is 71.5 Å². The highest BCUT2D eigenvalue weighted by atomic mass is 16.7. The van der Waals surface area contributed by atoms with Crippen LogP contribution in [-0.4, -0.2) is 28.7 Å². The standard InChI is InChI=1S/C9H12N2O3/c1-7(12)6-14-11-9(13)8-4-2-3-5-10-8/h2-5,7,12H,6H2,1H3,(H,11,13)/t7-/m0/s1. The predicted molar refractivity (Wildman–Crippen MR) is 49.3 cm³/mol. The van der Waals surface area contributed by atoms with Crippen LogP contribution in [0, 0.1) is 0 Å². The Hall–Kier alpha value is -1.46. The number of aliphatic hydroxyl groups is 1. The third kappa shape index (κ3) is 3.51. The summed E-state index contributed by atoms with van der Waals surface area (Å²) in [7, 11) is 0. The third-order valence-corrected chi connectivity index (χ3v) is 1.39. The van der Waals surface area contributed by atoms with Gasteiger partial charge in [-0.05, 0) is 19.1 Å². The molecule has 0 aliphatic rings. The Morgan fingerprint density at radius 3 is 3.07 bits per heavy atom. The molecule has 0 aliphatic heterocycles. The monoisotopic (exact) mass is 196 g/mol. The largest absolute Gasteiger partial charge is 0.391 e. The number of rotatable bonds is 4. The molecule has 1 aromatic rings. The van der Waals surface area contributed by atoms with Gasteiger partial charge in [-0.3, -0.25) is 14.6 Å². The number of hydrogen-bond donors (Lipinski definition) is 2. The fraction of sp³-hybridized carbons (Fsp3) is 0.333. The zero-order valence-corrected chi connectivity index (χ0v) is 7.80. The Balaban J connectivity index is 2.36. The van der Waals surface area contributed by atoms with Gasteiger partial charge in [0.15, 0.2) is 0 Å². The van der Waals surface area contributed by atoms with Crippen LogP contribution in [0.1, 0.15) is 17.4 Å². The van der Waals surface area contributed by atoms with E-state index < -0.39 is 12.0 Å². The zero-order valence-electron chi connectivity index (χ0n) is 7.80. The van der Waals surface area contributed by atoms with Crippen molar-refractivity contribution in [3.63, 3.8) is 0 Å². The van der Waals surface area contributed by atoms with Gasteiger partial charge < -0.3 is 5.11 Å². The predicted octanol–water partition coefficient (Wildman–Crippen LogP) is 0.124. The summed E-state index contributed by atoms with van der Waals surface area (Å²) in [6.45, 7) is 1.62. The molecule has 1 heterocycles. The van der Waals surface area contributed by atoms with Crippen LogP contribution in [-0.2, 0) is 4.84 Å². The van der Waals surface area contributed by atoms with Crippen LogP contribution < -0.4 is 5.48 Å². The SMILES string of the molecule is C[C@H](O)CONC(=O)c1ccccn1. The first kappa shape index (κ1) is 10.6. The van der Waals surface area contributed by atoms with Crippen LogP contribution in [0.5, 0.6) is 0 Å². The van der Waals surface area contributed by atoms with E-state index in [2.05, 4.69) is 10.5 Å². The van der Waals surface area contributed by atoms with Gasteiger partial charge in [0, 0.05) is 6.20 Å². The third-order valence-electron chi connectivity index (χ3n) is 1.39. The minimum atomic E-state index is -0.612. The van der Waals surface area contributed by atoms with Gasteiger partial charge in [0.2, 0.25) is 0 Å². The summed E-state index contributed by atoms with van der Waals surface area (Å²) in [6, 6.07) is 4.99. The lowest BCUT2D eigenvalue weighted by molar-refractivity contribution is -0.00712. The van der Waals surface area contributed by atoms with Gasteiger partial charge in [0.25, 0.3) is 5.91 Å². The molecule has 0 fully saturated rings. The van der Waals surface area contributed by atoms with Gasteiger partial charge in [-0.15, -0.1) is 0 Å². The van der Waals surface area contributed by atoms with Gasteiger partial charge in [-0.2, -0.15) is 0 Å². The summed E-state index contributed by atoms with van der Waals surface area (Å²) < 4.78 is 0. The highest BCUT2D eigenvalue weighted by molar-refractivity contribution is 5.91. The summed E-state index contributed by atoms with van der Waals surface area (Å²) >= 11 is 0. The van der Waals surface area contributed by atoms with Crippen LogP contribution in [0.25, 0.3) is 0 Å². The maximum absolute atomic E-state index is 11.2. The minimum absolute atomic E-state index is 0.0541. The number of carbonyl (C=O) groups is 1. The molecule has 0 saturated heterocycles. The average Bonchev–Trinajstić information content (AvgIpc) is 2.18. The minimum Gasteiger partial charge on any atom is -0.391 e. The van der Waals surface area contributed by atoms with Crippen molar-refractivity contribution in [3.05, 3.63) is 30.1 Å². The number of nitrogens with zero attached hydrogens (tertiary/aromatic N) is 1. The van der Waals surface area contributed by atoms with Crippen molar-refractivity contribution in [1.29, 1.82) is 0 Å². The molecule has 0 saturated carbocycles. The van der Waals surface area contributed by atoms with Gasteiger partial charge in [0.1, 0.15) is 12.3 Å². The average molecular weight is 196 g/mol. The fourth-order valence-electron chi connectivity index (χ4n) is 0.777. The van der Waals surface area contributed by atoms with Crippen LogP contribution in [0.15, 0.2) is 24.4 Å². The van der Waals surface area contributed by atoms with Crippen LogP contribution in [0.3, 0.4) is 0 Å². The van der Waals surface area contributed by atoms with Gasteiger partial charge in [-0.1, -0.05) is 6.07 Å². The summed E-state index contributed by atoms with van der Waals surface area (Å²) in [5.41, 5.74) is 2.44. The maximum Gasteiger partial charge on any atom is 0.293 e. The molecule has 0 spiro atoms. The van der Waals surface area contributed by atoms with E-state index in [4.69, 9.17) is 9.94 Å². The number of aliphatic hydroxyl groups excluding tert-OH is 1. The molecule has 5 heteroatoms. The lowest BCUT2D eigenvalue weighted by Crippen LogP contribution is -2.27. The van der Waals surface area contributed by atoms with Crippen molar-refractivity contribution in [1.82, 2.24) is 10.5 Å². The number of nitrogens with one attached hydrogen (secondary N) is 1.